The summed E-state index contributed by atoms with van der Waals surface area (Å²) in [6, 6.07) is 0. The molecule has 1 aromatic rings. The Kier molecular flexibility index (Phi) is 10.3. The van der Waals surface area contributed by atoms with E-state index in [1.807, 2.05) is 6.92 Å². The number of ether oxygens (including phenoxy) is 4. The van der Waals surface area contributed by atoms with E-state index in [2.05, 4.69) is 5.92 Å². The Morgan fingerprint density at radius 1 is 0.871 bits per heavy atom. The molecule has 2 rings (SSSR count). The van der Waals surface area contributed by atoms with E-state index in [4.69, 9.17) is 25.4 Å². The van der Waals surface area contributed by atoms with Crippen molar-refractivity contribution in [3.05, 3.63) is 11.1 Å². The molecule has 0 amide bonds. The van der Waals surface area contributed by atoms with Crippen LogP contribution < -0.4 is 18.9 Å². The number of unbranched alkanes of at least 4 members (excludes halogenated alkanes) is 3. The van der Waals surface area contributed by atoms with E-state index in [1.54, 1.807) is 28.4 Å². The van der Waals surface area contributed by atoms with Crippen molar-refractivity contribution in [1.82, 2.24) is 0 Å². The SMILES string of the molecule is C#CC1CCCCC1CCCCCCC(O)c1c(C)c(OC)c(OC)c(OC)c1OC. The van der Waals surface area contributed by atoms with Gasteiger partial charge in [-0.1, -0.05) is 38.5 Å². The summed E-state index contributed by atoms with van der Waals surface area (Å²) in [5.41, 5.74) is 1.51. The van der Waals surface area contributed by atoms with Crippen LogP contribution in [-0.2, 0) is 0 Å². The molecule has 0 spiro atoms. The summed E-state index contributed by atoms with van der Waals surface area (Å²) in [6.07, 6.45) is 16.5. The van der Waals surface area contributed by atoms with Crippen molar-refractivity contribution in [1.29, 1.82) is 0 Å². The van der Waals surface area contributed by atoms with Crippen molar-refractivity contribution in [2.75, 3.05) is 28.4 Å². The first-order valence-electron chi connectivity index (χ1n) is 11.5. The average molecular weight is 433 g/mol. The van der Waals surface area contributed by atoms with Gasteiger partial charge in [0.2, 0.25) is 11.5 Å². The Morgan fingerprint density at radius 3 is 2.06 bits per heavy atom. The Morgan fingerprint density at radius 2 is 1.45 bits per heavy atom. The molecular formula is C26H40O5. The molecule has 1 N–H and O–H groups in total. The summed E-state index contributed by atoms with van der Waals surface area (Å²) < 4.78 is 22.2. The normalized spacial score (nSPS) is 19.4. The lowest BCUT2D eigenvalue weighted by Crippen LogP contribution is -2.17. The first kappa shape index (κ1) is 25.2. The summed E-state index contributed by atoms with van der Waals surface area (Å²) in [5, 5.41) is 11.0. The lowest BCUT2D eigenvalue weighted by molar-refractivity contribution is 0.156. The van der Waals surface area contributed by atoms with Crippen LogP contribution in [0, 0.1) is 31.1 Å². The molecule has 5 nitrogen and oxygen atoms in total. The maximum Gasteiger partial charge on any atom is 0.207 e. The number of methoxy groups -OCH3 is 4. The molecule has 3 atom stereocenters. The molecule has 3 unspecified atom stereocenters. The van der Waals surface area contributed by atoms with Crippen molar-refractivity contribution in [3.63, 3.8) is 0 Å². The fourth-order valence-electron chi connectivity index (χ4n) is 5.03. The van der Waals surface area contributed by atoms with Crippen molar-refractivity contribution >= 4 is 0 Å². The average Bonchev–Trinajstić information content (AvgIpc) is 2.80. The number of hydrogen-bond acceptors (Lipinski definition) is 5. The number of terminal acetylenes is 1. The quantitative estimate of drug-likeness (QED) is 0.332. The highest BCUT2D eigenvalue weighted by Crippen LogP contribution is 2.51. The maximum atomic E-state index is 11.0. The Labute approximate surface area is 188 Å². The number of benzene rings is 1. The lowest BCUT2D eigenvalue weighted by atomic mass is 9.77. The minimum Gasteiger partial charge on any atom is -0.492 e. The molecule has 1 aliphatic carbocycles. The zero-order chi connectivity index (χ0) is 22.8. The highest BCUT2D eigenvalue weighted by atomic mass is 16.5. The molecule has 1 saturated carbocycles. The second kappa shape index (κ2) is 12.7. The van der Waals surface area contributed by atoms with Gasteiger partial charge in [-0.3, -0.25) is 0 Å². The first-order chi connectivity index (χ1) is 15.0. The molecule has 0 aromatic heterocycles. The summed E-state index contributed by atoms with van der Waals surface area (Å²) >= 11 is 0. The number of aliphatic hydroxyl groups excluding tert-OH is 1. The molecule has 0 bridgehead atoms. The Balaban J connectivity index is 1.94. The molecule has 5 heteroatoms. The summed E-state index contributed by atoms with van der Waals surface area (Å²) in [7, 11) is 6.29. The minimum absolute atomic E-state index is 0.442. The van der Waals surface area contributed by atoms with Crippen LogP contribution in [0.1, 0.15) is 81.4 Å². The smallest absolute Gasteiger partial charge is 0.207 e. The second-order valence-corrected chi connectivity index (χ2v) is 8.50. The van der Waals surface area contributed by atoms with Gasteiger partial charge in [0.25, 0.3) is 0 Å². The molecule has 31 heavy (non-hydrogen) atoms. The van der Waals surface area contributed by atoms with Crippen molar-refractivity contribution in [3.8, 4) is 35.3 Å². The largest absolute Gasteiger partial charge is 0.492 e. The van der Waals surface area contributed by atoms with E-state index in [1.165, 1.54) is 44.9 Å². The maximum absolute atomic E-state index is 11.0. The third kappa shape index (κ3) is 6.01. The minimum atomic E-state index is -0.659. The number of aliphatic hydroxyl groups is 1. The van der Waals surface area contributed by atoms with Crippen LogP contribution in [0.25, 0.3) is 0 Å². The van der Waals surface area contributed by atoms with Crippen LogP contribution in [0.5, 0.6) is 23.0 Å². The Hall–Kier alpha value is -2.06. The number of hydrogen-bond donors (Lipinski definition) is 1. The van der Waals surface area contributed by atoms with Crippen LogP contribution >= 0.6 is 0 Å². The zero-order valence-corrected chi connectivity index (χ0v) is 20.0. The third-order valence-corrected chi connectivity index (χ3v) is 6.68. The molecule has 174 valence electrons. The van der Waals surface area contributed by atoms with E-state index in [0.29, 0.717) is 46.8 Å². The van der Waals surface area contributed by atoms with Crippen LogP contribution in [0.2, 0.25) is 0 Å². The topological polar surface area (TPSA) is 57.2 Å². The third-order valence-electron chi connectivity index (χ3n) is 6.68. The highest BCUT2D eigenvalue weighted by Gasteiger charge is 2.28. The van der Waals surface area contributed by atoms with Gasteiger partial charge in [-0.25, -0.2) is 0 Å². The van der Waals surface area contributed by atoms with Gasteiger partial charge < -0.3 is 24.1 Å². The van der Waals surface area contributed by atoms with Crippen molar-refractivity contribution in [2.45, 2.75) is 77.2 Å². The van der Waals surface area contributed by atoms with Gasteiger partial charge in [0.05, 0.1) is 34.5 Å². The summed E-state index contributed by atoms with van der Waals surface area (Å²) in [6.45, 7) is 1.91. The lowest BCUT2D eigenvalue weighted by Gasteiger charge is -2.27. The molecule has 1 aliphatic rings. The molecule has 0 radical (unpaired) electrons. The second-order valence-electron chi connectivity index (χ2n) is 8.50. The van der Waals surface area contributed by atoms with Crippen LogP contribution in [-0.4, -0.2) is 33.5 Å². The number of rotatable bonds is 12. The molecule has 0 saturated heterocycles. The summed E-state index contributed by atoms with van der Waals surface area (Å²) in [5.74, 6) is 6.17. The van der Waals surface area contributed by atoms with E-state index in [9.17, 15) is 5.11 Å². The van der Waals surface area contributed by atoms with Gasteiger partial charge in [0.1, 0.15) is 0 Å². The van der Waals surface area contributed by atoms with Crippen LogP contribution in [0.3, 0.4) is 0 Å². The molecule has 1 aromatic carbocycles. The Bertz CT molecular complexity index is 737. The first-order valence-corrected chi connectivity index (χ1v) is 11.5. The van der Waals surface area contributed by atoms with E-state index in [-0.39, 0.29) is 0 Å². The van der Waals surface area contributed by atoms with Crippen LogP contribution in [0.15, 0.2) is 0 Å². The van der Waals surface area contributed by atoms with Crippen LogP contribution in [0.4, 0.5) is 0 Å². The predicted molar refractivity (Wildman–Crippen MR) is 124 cm³/mol. The molecule has 0 heterocycles. The van der Waals surface area contributed by atoms with E-state index in [0.717, 1.165) is 18.4 Å². The fourth-order valence-corrected chi connectivity index (χ4v) is 5.03. The van der Waals surface area contributed by atoms with Crippen molar-refractivity contribution < 1.29 is 24.1 Å². The molecule has 1 fully saturated rings. The van der Waals surface area contributed by atoms with Gasteiger partial charge in [-0.15, -0.1) is 12.3 Å². The van der Waals surface area contributed by atoms with Gasteiger partial charge in [0.15, 0.2) is 11.5 Å². The van der Waals surface area contributed by atoms with Gasteiger partial charge in [-0.05, 0) is 38.5 Å². The summed E-state index contributed by atoms with van der Waals surface area (Å²) in [4.78, 5) is 0. The monoisotopic (exact) mass is 432 g/mol. The standard InChI is InChI=1S/C26H40O5/c1-7-19-14-12-13-16-20(19)15-10-8-9-11-17-21(27)22-18(2)23(28-3)25(30-5)26(31-6)24(22)29-4/h1,19-21,27H,8-17H2,2-6H3. The highest BCUT2D eigenvalue weighted by molar-refractivity contribution is 5.67. The van der Waals surface area contributed by atoms with Gasteiger partial charge in [-0.2, -0.15) is 0 Å². The van der Waals surface area contributed by atoms with Gasteiger partial charge >= 0.3 is 0 Å². The zero-order valence-electron chi connectivity index (χ0n) is 20.0. The van der Waals surface area contributed by atoms with E-state index >= 15 is 0 Å². The fraction of sp³-hybridized carbons (Fsp3) is 0.692. The van der Waals surface area contributed by atoms with Gasteiger partial charge in [0, 0.05) is 17.0 Å². The molecular weight excluding hydrogens is 392 g/mol. The van der Waals surface area contributed by atoms with E-state index < -0.39 is 6.10 Å². The van der Waals surface area contributed by atoms with Crippen molar-refractivity contribution in [2.24, 2.45) is 11.8 Å². The molecule has 0 aliphatic heterocycles. The predicted octanol–water partition coefficient (Wildman–Crippen LogP) is 5.84.